The number of carbonyl (C=O) groups is 1. The lowest BCUT2D eigenvalue weighted by Gasteiger charge is -2.24. The van der Waals surface area contributed by atoms with Crippen molar-refractivity contribution in [1.29, 1.82) is 0 Å². The van der Waals surface area contributed by atoms with E-state index >= 15 is 0 Å². The zero-order chi connectivity index (χ0) is 30.0. The van der Waals surface area contributed by atoms with Crippen LogP contribution in [0.5, 0.6) is 11.5 Å². The Labute approximate surface area is 248 Å². The summed E-state index contributed by atoms with van der Waals surface area (Å²) in [6.45, 7) is 3.54. The summed E-state index contributed by atoms with van der Waals surface area (Å²) in [5, 5.41) is 0.519. The maximum Gasteiger partial charge on any atom is 0.338 e. The number of hydrogen-bond acceptors (Lipinski definition) is 7. The van der Waals surface area contributed by atoms with Crippen molar-refractivity contribution in [3.05, 3.63) is 125 Å². The number of rotatable bonds is 8. The zero-order valence-electron chi connectivity index (χ0n) is 22.8. The normalized spacial score (nSPS) is 14.8. The van der Waals surface area contributed by atoms with Crippen molar-refractivity contribution in [2.24, 2.45) is 4.99 Å². The predicted octanol–water partition coefficient (Wildman–Crippen LogP) is 5.32. The molecule has 7 nitrogen and oxygen atoms in total. The van der Waals surface area contributed by atoms with Crippen LogP contribution in [0.3, 0.4) is 0 Å². The molecule has 4 aromatic rings. The van der Waals surface area contributed by atoms with Gasteiger partial charge < -0.3 is 14.2 Å². The van der Waals surface area contributed by atoms with E-state index in [1.807, 2.05) is 0 Å². The lowest BCUT2D eigenvalue weighted by atomic mass is 9.96. The standard InChI is InChI=1S/C31H25ClF2N2O5S/c1-4-40-30(38)27-17(2)35-31-36(28(27)19-6-8-21(32)9-7-19)29(37)26(42-31)14-18-5-11-24(39-3)20(13-18)16-41-25-12-10-22(33)15-23(25)34/h5-15,28H,4,16H2,1-3H3/b26-14+/t28-/m0/s1. The minimum Gasteiger partial charge on any atom is -0.496 e. The van der Waals surface area contributed by atoms with Crippen molar-refractivity contribution in [3.8, 4) is 11.5 Å². The summed E-state index contributed by atoms with van der Waals surface area (Å²) < 4.78 is 45.6. The van der Waals surface area contributed by atoms with Crippen LogP contribution in [-0.2, 0) is 16.1 Å². The molecule has 0 unspecified atom stereocenters. The van der Waals surface area contributed by atoms with Crippen molar-refractivity contribution in [2.75, 3.05) is 13.7 Å². The number of aromatic nitrogens is 1. The first kappa shape index (κ1) is 29.2. The maximum absolute atomic E-state index is 14.1. The Bertz CT molecular complexity index is 1880. The molecule has 0 saturated heterocycles. The third-order valence-electron chi connectivity index (χ3n) is 6.58. The molecule has 42 heavy (non-hydrogen) atoms. The van der Waals surface area contributed by atoms with Crippen molar-refractivity contribution in [1.82, 2.24) is 4.57 Å². The second kappa shape index (κ2) is 12.3. The second-order valence-corrected chi connectivity index (χ2v) is 10.7. The highest BCUT2D eigenvalue weighted by Crippen LogP contribution is 2.31. The van der Waals surface area contributed by atoms with E-state index in [4.69, 9.17) is 25.8 Å². The Morgan fingerprint density at radius 3 is 2.52 bits per heavy atom. The molecule has 11 heteroatoms. The predicted molar refractivity (Wildman–Crippen MR) is 156 cm³/mol. The quantitative estimate of drug-likeness (QED) is 0.253. The molecule has 216 valence electrons. The van der Waals surface area contributed by atoms with Gasteiger partial charge in [-0.15, -0.1) is 0 Å². The zero-order valence-corrected chi connectivity index (χ0v) is 24.4. The summed E-state index contributed by atoms with van der Waals surface area (Å²) in [5.74, 6) is -1.69. The molecule has 2 heterocycles. The average molecular weight is 611 g/mol. The number of esters is 1. The van der Waals surface area contributed by atoms with Gasteiger partial charge in [0, 0.05) is 16.7 Å². The second-order valence-electron chi connectivity index (χ2n) is 9.29. The van der Waals surface area contributed by atoms with Crippen LogP contribution in [0.1, 0.15) is 36.6 Å². The first-order chi connectivity index (χ1) is 20.2. The van der Waals surface area contributed by atoms with Crippen molar-refractivity contribution >= 4 is 35.0 Å². The number of fused-ring (bicyclic) bond motifs is 1. The molecule has 0 amide bonds. The fraction of sp³-hybridized carbons (Fsp3) is 0.194. The number of allylic oxidation sites excluding steroid dienone is 1. The highest BCUT2D eigenvalue weighted by molar-refractivity contribution is 7.07. The van der Waals surface area contributed by atoms with Gasteiger partial charge in [0.05, 0.1) is 35.6 Å². The number of methoxy groups -OCH3 is 1. The summed E-state index contributed by atoms with van der Waals surface area (Å²) in [4.78, 5) is 31.9. The summed E-state index contributed by atoms with van der Waals surface area (Å²) >= 11 is 7.30. The van der Waals surface area contributed by atoms with E-state index in [1.165, 1.54) is 29.1 Å². The Hall–Kier alpha value is -4.28. The van der Waals surface area contributed by atoms with Crippen molar-refractivity contribution < 1.29 is 27.8 Å². The van der Waals surface area contributed by atoms with E-state index in [1.54, 1.807) is 62.4 Å². The van der Waals surface area contributed by atoms with Crippen molar-refractivity contribution in [2.45, 2.75) is 26.5 Å². The van der Waals surface area contributed by atoms with Crippen LogP contribution in [0, 0.1) is 11.6 Å². The summed E-state index contributed by atoms with van der Waals surface area (Å²) in [6, 6.07) is 14.5. The van der Waals surface area contributed by atoms with Gasteiger partial charge in [-0.05, 0) is 67.4 Å². The number of carbonyl (C=O) groups excluding carboxylic acids is 1. The van der Waals surface area contributed by atoms with Crippen LogP contribution in [0.25, 0.3) is 6.08 Å². The van der Waals surface area contributed by atoms with E-state index in [2.05, 4.69) is 4.99 Å². The SMILES string of the molecule is CCOC(=O)C1=C(C)N=c2s/c(=C/c3ccc(OC)c(COc4ccc(F)cc4F)c3)c(=O)n2[C@H]1c1ccc(Cl)cc1. The fourth-order valence-corrected chi connectivity index (χ4v) is 5.82. The highest BCUT2D eigenvalue weighted by atomic mass is 35.5. The van der Waals surface area contributed by atoms with Gasteiger partial charge in [0.2, 0.25) is 0 Å². The summed E-state index contributed by atoms with van der Waals surface area (Å²) in [6.07, 6.45) is 1.70. The molecule has 1 aliphatic rings. The Balaban J connectivity index is 1.57. The molecule has 0 spiro atoms. The lowest BCUT2D eigenvalue weighted by Crippen LogP contribution is -2.39. The molecule has 1 aliphatic heterocycles. The molecule has 0 saturated carbocycles. The van der Waals surface area contributed by atoms with Gasteiger partial charge in [-0.3, -0.25) is 9.36 Å². The molecule has 1 atom stereocenters. The van der Waals surface area contributed by atoms with E-state index in [0.29, 0.717) is 42.5 Å². The fourth-order valence-electron chi connectivity index (χ4n) is 4.65. The minimum atomic E-state index is -0.820. The van der Waals surface area contributed by atoms with Crippen LogP contribution >= 0.6 is 22.9 Å². The molecule has 0 bridgehead atoms. The van der Waals surface area contributed by atoms with Gasteiger partial charge in [-0.25, -0.2) is 18.6 Å². The average Bonchev–Trinajstić information content (AvgIpc) is 3.26. The van der Waals surface area contributed by atoms with Gasteiger partial charge in [-0.2, -0.15) is 0 Å². The molecule has 5 rings (SSSR count). The third kappa shape index (κ3) is 5.86. The van der Waals surface area contributed by atoms with Gasteiger partial charge in [-0.1, -0.05) is 41.1 Å². The first-order valence-corrected chi connectivity index (χ1v) is 14.1. The van der Waals surface area contributed by atoms with E-state index < -0.39 is 23.6 Å². The largest absolute Gasteiger partial charge is 0.496 e. The van der Waals surface area contributed by atoms with Gasteiger partial charge in [0.25, 0.3) is 5.56 Å². The Morgan fingerprint density at radius 2 is 1.83 bits per heavy atom. The number of halogens is 3. The molecule has 1 aromatic heterocycles. The molecule has 0 N–H and O–H groups in total. The van der Waals surface area contributed by atoms with Crippen LogP contribution < -0.4 is 24.4 Å². The molecule has 0 radical (unpaired) electrons. The summed E-state index contributed by atoms with van der Waals surface area (Å²) in [5.41, 5.74) is 2.32. The van der Waals surface area contributed by atoms with Gasteiger partial charge >= 0.3 is 5.97 Å². The number of thiazole rings is 1. The number of nitrogens with zero attached hydrogens (tertiary/aromatic N) is 2. The number of benzene rings is 3. The Kier molecular flexibility index (Phi) is 8.56. The van der Waals surface area contributed by atoms with Crippen LogP contribution in [0.2, 0.25) is 5.02 Å². The highest BCUT2D eigenvalue weighted by Gasteiger charge is 2.33. The van der Waals surface area contributed by atoms with Crippen LogP contribution in [0.15, 0.2) is 81.7 Å². The molecular weight excluding hydrogens is 586 g/mol. The van der Waals surface area contributed by atoms with Crippen LogP contribution in [0.4, 0.5) is 8.78 Å². The van der Waals surface area contributed by atoms with E-state index in [9.17, 15) is 18.4 Å². The first-order valence-electron chi connectivity index (χ1n) is 12.9. The molecule has 3 aromatic carbocycles. The number of hydrogen-bond donors (Lipinski definition) is 0. The maximum atomic E-state index is 14.1. The van der Waals surface area contributed by atoms with E-state index in [0.717, 1.165) is 12.1 Å². The van der Waals surface area contributed by atoms with Gasteiger partial charge in [0.15, 0.2) is 16.4 Å². The molecule has 0 fully saturated rings. The topological polar surface area (TPSA) is 79.1 Å². The van der Waals surface area contributed by atoms with Crippen LogP contribution in [-0.4, -0.2) is 24.3 Å². The third-order valence-corrected chi connectivity index (χ3v) is 7.82. The minimum absolute atomic E-state index is 0.0622. The Morgan fingerprint density at radius 1 is 1.10 bits per heavy atom. The monoisotopic (exact) mass is 610 g/mol. The van der Waals surface area contributed by atoms with Gasteiger partial charge in [0.1, 0.15) is 18.2 Å². The summed E-state index contributed by atoms with van der Waals surface area (Å²) in [7, 11) is 1.50. The molecular formula is C31H25ClF2N2O5S. The van der Waals surface area contributed by atoms with Crippen molar-refractivity contribution in [3.63, 3.8) is 0 Å². The lowest BCUT2D eigenvalue weighted by molar-refractivity contribution is -0.139. The number of ether oxygens (including phenoxy) is 3. The van der Waals surface area contributed by atoms with E-state index in [-0.39, 0.29) is 30.1 Å². The smallest absolute Gasteiger partial charge is 0.338 e. The molecule has 0 aliphatic carbocycles.